The zero-order chi connectivity index (χ0) is 21.3. The molecular weight excluding hydrogens is 384 g/mol. The first-order chi connectivity index (χ1) is 14.5. The van der Waals surface area contributed by atoms with E-state index in [9.17, 15) is 19.2 Å². The van der Waals surface area contributed by atoms with Gasteiger partial charge in [-0.2, -0.15) is 0 Å². The van der Waals surface area contributed by atoms with Crippen molar-refractivity contribution in [2.75, 3.05) is 17.3 Å². The van der Waals surface area contributed by atoms with Gasteiger partial charge in [0.1, 0.15) is 0 Å². The molecular formula is C23H20N2O5. The van der Waals surface area contributed by atoms with Gasteiger partial charge in [-0.05, 0) is 61.4 Å². The van der Waals surface area contributed by atoms with Crippen molar-refractivity contribution in [3.8, 4) is 0 Å². The van der Waals surface area contributed by atoms with Gasteiger partial charge in [-0.25, -0.2) is 4.79 Å². The maximum Gasteiger partial charge on any atom is 0.337 e. The molecule has 2 aromatic carbocycles. The van der Waals surface area contributed by atoms with Gasteiger partial charge in [0.05, 0.1) is 30.2 Å². The van der Waals surface area contributed by atoms with Crippen LogP contribution in [0.15, 0.2) is 60.7 Å². The van der Waals surface area contributed by atoms with E-state index in [0.29, 0.717) is 35.3 Å². The maximum atomic E-state index is 12.7. The van der Waals surface area contributed by atoms with Crippen LogP contribution in [0.5, 0.6) is 0 Å². The molecule has 2 aromatic rings. The highest BCUT2D eigenvalue weighted by Crippen LogP contribution is 2.37. The molecule has 0 saturated carbocycles. The monoisotopic (exact) mass is 404 g/mol. The Balaban J connectivity index is 1.46. The third-order valence-corrected chi connectivity index (χ3v) is 5.46. The van der Waals surface area contributed by atoms with Crippen LogP contribution in [0.25, 0.3) is 0 Å². The molecule has 30 heavy (non-hydrogen) atoms. The quantitative estimate of drug-likeness (QED) is 0.480. The van der Waals surface area contributed by atoms with Gasteiger partial charge in [0.25, 0.3) is 5.91 Å². The van der Waals surface area contributed by atoms with E-state index in [0.717, 1.165) is 0 Å². The van der Waals surface area contributed by atoms with Crippen molar-refractivity contribution in [3.05, 3.63) is 71.8 Å². The van der Waals surface area contributed by atoms with Gasteiger partial charge in [0.2, 0.25) is 11.8 Å². The molecule has 7 nitrogen and oxygen atoms in total. The summed E-state index contributed by atoms with van der Waals surface area (Å²) in [5.41, 5.74) is 1.76. The third-order valence-electron chi connectivity index (χ3n) is 5.46. The molecule has 3 amide bonds. The standard InChI is InChI=1S/C23H20N2O5/c1-30-23(29)15-6-10-16(11-7-15)24-20(26)14-8-12-17(13-9-14)25-21(27)18-4-2-3-5-19(18)22(25)28/h2-3,6-13,18-19H,4-5H2,1H3,(H,24,26). The summed E-state index contributed by atoms with van der Waals surface area (Å²) < 4.78 is 4.64. The number of methoxy groups -OCH3 is 1. The summed E-state index contributed by atoms with van der Waals surface area (Å²) in [6, 6.07) is 12.7. The predicted molar refractivity (Wildman–Crippen MR) is 110 cm³/mol. The summed E-state index contributed by atoms with van der Waals surface area (Å²) in [4.78, 5) is 50.5. The number of imide groups is 1. The smallest absolute Gasteiger partial charge is 0.337 e. The number of esters is 1. The van der Waals surface area contributed by atoms with Crippen LogP contribution >= 0.6 is 0 Å². The fraction of sp³-hybridized carbons (Fsp3) is 0.217. The minimum Gasteiger partial charge on any atom is -0.465 e. The maximum absolute atomic E-state index is 12.7. The number of hydrogen-bond acceptors (Lipinski definition) is 5. The molecule has 2 unspecified atom stereocenters. The van der Waals surface area contributed by atoms with Gasteiger partial charge in [0, 0.05) is 11.3 Å². The number of amides is 3. The zero-order valence-electron chi connectivity index (χ0n) is 16.3. The van der Waals surface area contributed by atoms with Crippen LogP contribution in [-0.2, 0) is 14.3 Å². The minimum absolute atomic E-state index is 0.183. The van der Waals surface area contributed by atoms with Crippen molar-refractivity contribution < 1.29 is 23.9 Å². The Hall–Kier alpha value is -3.74. The summed E-state index contributed by atoms with van der Waals surface area (Å²) in [7, 11) is 1.30. The normalized spacial score (nSPS) is 20.1. The van der Waals surface area contributed by atoms with Gasteiger partial charge in [-0.3, -0.25) is 19.3 Å². The predicted octanol–water partition coefficient (Wildman–Crippen LogP) is 3.18. The number of anilines is 2. The number of ether oxygens (including phenoxy) is 1. The number of nitrogens with zero attached hydrogens (tertiary/aromatic N) is 1. The van der Waals surface area contributed by atoms with Gasteiger partial charge in [0.15, 0.2) is 0 Å². The molecule has 1 fully saturated rings. The van der Waals surface area contributed by atoms with Crippen LogP contribution < -0.4 is 10.2 Å². The average Bonchev–Trinajstić information content (AvgIpc) is 3.04. The summed E-state index contributed by atoms with van der Waals surface area (Å²) in [6.45, 7) is 0. The first-order valence-electron chi connectivity index (χ1n) is 9.62. The molecule has 0 aromatic heterocycles. The molecule has 0 spiro atoms. The lowest BCUT2D eigenvalue weighted by atomic mass is 9.85. The van der Waals surface area contributed by atoms with Crippen LogP contribution in [0.1, 0.15) is 33.6 Å². The second-order valence-electron chi connectivity index (χ2n) is 7.24. The Morgan fingerprint density at radius 1 is 0.867 bits per heavy atom. The van der Waals surface area contributed by atoms with Gasteiger partial charge in [-0.1, -0.05) is 12.2 Å². The molecule has 4 rings (SSSR count). The first kappa shape index (κ1) is 19.6. The number of fused-ring (bicyclic) bond motifs is 1. The lowest BCUT2D eigenvalue weighted by Gasteiger charge is -2.15. The summed E-state index contributed by atoms with van der Waals surface area (Å²) in [6.07, 6.45) is 5.06. The van der Waals surface area contributed by atoms with Crippen LogP contribution in [0.3, 0.4) is 0 Å². The van der Waals surface area contributed by atoms with E-state index in [4.69, 9.17) is 0 Å². The molecule has 1 aliphatic heterocycles. The van der Waals surface area contributed by atoms with E-state index in [1.54, 1.807) is 48.5 Å². The fourth-order valence-corrected chi connectivity index (χ4v) is 3.83. The van der Waals surface area contributed by atoms with Crippen molar-refractivity contribution in [1.29, 1.82) is 0 Å². The molecule has 0 bridgehead atoms. The van der Waals surface area contributed by atoms with Crippen LogP contribution in [0, 0.1) is 11.8 Å². The highest BCUT2D eigenvalue weighted by molar-refractivity contribution is 6.22. The van der Waals surface area contributed by atoms with E-state index in [2.05, 4.69) is 10.1 Å². The van der Waals surface area contributed by atoms with E-state index in [1.165, 1.54) is 12.0 Å². The Morgan fingerprint density at radius 2 is 1.40 bits per heavy atom. The summed E-state index contributed by atoms with van der Waals surface area (Å²) in [5.74, 6) is -1.75. The lowest BCUT2D eigenvalue weighted by molar-refractivity contribution is -0.122. The Kier molecular flexibility index (Phi) is 5.18. The number of rotatable bonds is 4. The Bertz CT molecular complexity index is 1010. The highest BCUT2D eigenvalue weighted by Gasteiger charge is 2.47. The molecule has 2 atom stereocenters. The minimum atomic E-state index is -0.454. The second kappa shape index (κ2) is 7.94. The molecule has 7 heteroatoms. The molecule has 2 aliphatic rings. The Labute approximate surface area is 173 Å². The van der Waals surface area contributed by atoms with Gasteiger partial charge >= 0.3 is 5.97 Å². The average molecular weight is 404 g/mol. The largest absolute Gasteiger partial charge is 0.465 e. The third kappa shape index (κ3) is 3.50. The Morgan fingerprint density at radius 3 is 1.93 bits per heavy atom. The van der Waals surface area contributed by atoms with Crippen molar-refractivity contribution in [2.45, 2.75) is 12.8 Å². The number of carbonyl (C=O) groups is 4. The summed E-state index contributed by atoms with van der Waals surface area (Å²) >= 11 is 0. The van der Waals surface area contributed by atoms with E-state index in [-0.39, 0.29) is 29.6 Å². The van der Waals surface area contributed by atoms with Crippen LogP contribution in [0.2, 0.25) is 0 Å². The number of allylic oxidation sites excluding steroid dienone is 2. The number of nitrogens with one attached hydrogen (secondary N) is 1. The van der Waals surface area contributed by atoms with Gasteiger partial charge < -0.3 is 10.1 Å². The van der Waals surface area contributed by atoms with Crippen LogP contribution in [0.4, 0.5) is 11.4 Å². The van der Waals surface area contributed by atoms with E-state index < -0.39 is 5.97 Å². The lowest BCUT2D eigenvalue weighted by Crippen LogP contribution is -2.30. The molecule has 152 valence electrons. The second-order valence-corrected chi connectivity index (χ2v) is 7.24. The molecule has 1 aliphatic carbocycles. The van der Waals surface area contributed by atoms with E-state index in [1.807, 2.05) is 12.2 Å². The van der Waals surface area contributed by atoms with Crippen LogP contribution in [-0.4, -0.2) is 30.8 Å². The molecule has 1 N–H and O–H groups in total. The van der Waals surface area contributed by atoms with Crippen molar-refractivity contribution in [3.63, 3.8) is 0 Å². The number of benzene rings is 2. The van der Waals surface area contributed by atoms with Gasteiger partial charge in [-0.15, -0.1) is 0 Å². The highest BCUT2D eigenvalue weighted by atomic mass is 16.5. The molecule has 0 radical (unpaired) electrons. The molecule has 1 saturated heterocycles. The molecule has 1 heterocycles. The first-order valence-corrected chi connectivity index (χ1v) is 9.62. The van der Waals surface area contributed by atoms with E-state index >= 15 is 0 Å². The zero-order valence-corrected chi connectivity index (χ0v) is 16.3. The number of carbonyl (C=O) groups excluding carboxylic acids is 4. The van der Waals surface area contributed by atoms with Crippen molar-refractivity contribution >= 4 is 35.1 Å². The van der Waals surface area contributed by atoms with Crippen molar-refractivity contribution in [2.24, 2.45) is 11.8 Å². The summed E-state index contributed by atoms with van der Waals surface area (Å²) in [5, 5.41) is 2.74. The number of hydrogen-bond donors (Lipinski definition) is 1. The topological polar surface area (TPSA) is 92.8 Å². The van der Waals surface area contributed by atoms with Crippen molar-refractivity contribution in [1.82, 2.24) is 0 Å². The fourth-order valence-electron chi connectivity index (χ4n) is 3.83. The SMILES string of the molecule is COC(=O)c1ccc(NC(=O)c2ccc(N3C(=O)C4CC=CCC4C3=O)cc2)cc1.